The van der Waals surface area contributed by atoms with Crippen molar-refractivity contribution in [2.24, 2.45) is 5.14 Å². The van der Waals surface area contributed by atoms with E-state index in [2.05, 4.69) is 4.98 Å². The minimum atomic E-state index is 0.532. The Morgan fingerprint density at radius 2 is 1.66 bits per heavy atom. The molecule has 0 spiro atoms. The number of pyridine rings is 1. The van der Waals surface area contributed by atoms with E-state index in [-0.39, 0.29) is 0 Å². The number of hydrogen-bond donors (Lipinski definition) is 1. The van der Waals surface area contributed by atoms with Crippen LogP contribution in [-0.4, -0.2) is 26.3 Å². The maximum Gasteiger partial charge on any atom is 0.203 e. The van der Waals surface area contributed by atoms with Crippen LogP contribution in [0.3, 0.4) is 0 Å². The van der Waals surface area contributed by atoms with Crippen molar-refractivity contribution in [3.05, 3.63) is 54.7 Å². The number of ether oxygens (including phenoxy) is 3. The average Bonchev–Trinajstić information content (AvgIpc) is 3.22. The van der Waals surface area contributed by atoms with E-state index in [9.17, 15) is 0 Å². The minimum Gasteiger partial charge on any atom is -0.493 e. The lowest BCUT2D eigenvalue weighted by atomic mass is 10.1. The molecule has 2 N–H and O–H groups in total. The van der Waals surface area contributed by atoms with Crippen LogP contribution >= 0.6 is 11.9 Å². The minimum absolute atomic E-state index is 0.532. The number of methoxy groups -OCH3 is 3. The second-order valence-corrected chi connectivity index (χ2v) is 6.95. The highest BCUT2D eigenvalue weighted by atomic mass is 32.2. The molecule has 0 saturated heterocycles. The molecule has 29 heavy (non-hydrogen) atoms. The van der Waals surface area contributed by atoms with Crippen molar-refractivity contribution < 1.29 is 18.6 Å². The number of fused-ring (bicyclic) bond motifs is 1. The van der Waals surface area contributed by atoms with Gasteiger partial charge in [-0.3, -0.25) is 10.1 Å². The van der Waals surface area contributed by atoms with Crippen LogP contribution in [0.15, 0.2) is 64.0 Å². The van der Waals surface area contributed by atoms with Crippen LogP contribution in [0.1, 0.15) is 0 Å². The quantitative estimate of drug-likeness (QED) is 0.442. The molecule has 7 heteroatoms. The van der Waals surface area contributed by atoms with Gasteiger partial charge in [0, 0.05) is 28.3 Å². The predicted molar refractivity (Wildman–Crippen MR) is 115 cm³/mol. The lowest BCUT2D eigenvalue weighted by Crippen LogP contribution is -1.95. The highest BCUT2D eigenvalue weighted by molar-refractivity contribution is 7.97. The van der Waals surface area contributed by atoms with E-state index < -0.39 is 0 Å². The summed E-state index contributed by atoms with van der Waals surface area (Å²) in [5.41, 5.74) is 4.23. The summed E-state index contributed by atoms with van der Waals surface area (Å²) < 4.78 is 22.5. The Morgan fingerprint density at radius 3 is 2.31 bits per heavy atom. The third kappa shape index (κ3) is 3.50. The van der Waals surface area contributed by atoms with E-state index in [1.807, 2.05) is 48.5 Å². The van der Waals surface area contributed by atoms with Crippen LogP contribution in [0, 0.1) is 0 Å². The smallest absolute Gasteiger partial charge is 0.203 e. The molecule has 2 aromatic carbocycles. The van der Waals surface area contributed by atoms with Crippen molar-refractivity contribution in [1.82, 2.24) is 4.98 Å². The van der Waals surface area contributed by atoms with Crippen molar-refractivity contribution in [2.75, 3.05) is 21.3 Å². The zero-order valence-corrected chi connectivity index (χ0v) is 17.1. The number of hydrogen-bond acceptors (Lipinski definition) is 7. The summed E-state index contributed by atoms with van der Waals surface area (Å²) in [6, 6.07) is 15.5. The molecule has 0 unspecified atom stereocenters. The molecule has 4 aromatic rings. The van der Waals surface area contributed by atoms with Gasteiger partial charge in [-0.05, 0) is 47.8 Å². The van der Waals surface area contributed by atoms with Crippen LogP contribution in [0.25, 0.3) is 33.6 Å². The van der Waals surface area contributed by atoms with Crippen LogP contribution in [0.2, 0.25) is 0 Å². The zero-order chi connectivity index (χ0) is 20.4. The molecule has 0 atom stereocenters. The highest BCUT2D eigenvalue weighted by Crippen LogP contribution is 2.42. The fourth-order valence-electron chi connectivity index (χ4n) is 3.27. The van der Waals surface area contributed by atoms with Gasteiger partial charge in [-0.2, -0.15) is 0 Å². The summed E-state index contributed by atoms with van der Waals surface area (Å²) in [4.78, 5) is 5.44. The Labute approximate surface area is 172 Å². The van der Waals surface area contributed by atoms with Crippen molar-refractivity contribution in [2.45, 2.75) is 4.90 Å². The third-order valence-corrected chi connectivity index (χ3v) is 5.17. The van der Waals surface area contributed by atoms with E-state index in [1.54, 1.807) is 27.5 Å². The Hall–Kier alpha value is -3.16. The van der Waals surface area contributed by atoms with Crippen molar-refractivity contribution in [3.8, 4) is 39.7 Å². The van der Waals surface area contributed by atoms with Crippen molar-refractivity contribution in [1.29, 1.82) is 0 Å². The molecule has 148 valence electrons. The normalized spacial score (nSPS) is 10.9. The van der Waals surface area contributed by atoms with Gasteiger partial charge in [0.15, 0.2) is 17.1 Å². The number of nitrogens with two attached hydrogens (primary N) is 1. The van der Waals surface area contributed by atoms with Crippen LogP contribution in [0.4, 0.5) is 0 Å². The number of benzene rings is 2. The van der Waals surface area contributed by atoms with Gasteiger partial charge in [0.05, 0.1) is 21.3 Å². The summed E-state index contributed by atoms with van der Waals surface area (Å²) in [6.07, 6.45) is 1.77. The Kier molecular flexibility index (Phi) is 5.33. The summed E-state index contributed by atoms with van der Waals surface area (Å²) >= 11 is 1.21. The average molecular weight is 408 g/mol. The first-order valence-corrected chi connectivity index (χ1v) is 9.72. The molecule has 2 aromatic heterocycles. The number of aromatic nitrogens is 1. The lowest BCUT2D eigenvalue weighted by Gasteiger charge is -2.13. The number of rotatable bonds is 6. The third-order valence-electron chi connectivity index (χ3n) is 4.64. The number of nitrogens with zero attached hydrogens (tertiary/aromatic N) is 1. The molecular formula is C22H20N2O4S. The largest absolute Gasteiger partial charge is 0.493 e. The van der Waals surface area contributed by atoms with Gasteiger partial charge in [0.25, 0.3) is 0 Å². The van der Waals surface area contributed by atoms with Gasteiger partial charge >= 0.3 is 0 Å². The molecule has 4 rings (SSSR count). The van der Waals surface area contributed by atoms with E-state index in [0.717, 1.165) is 27.1 Å². The topological polar surface area (TPSA) is 79.7 Å². The fourth-order valence-corrected chi connectivity index (χ4v) is 3.62. The van der Waals surface area contributed by atoms with Crippen molar-refractivity contribution >= 4 is 23.0 Å². The van der Waals surface area contributed by atoms with Crippen molar-refractivity contribution in [3.63, 3.8) is 0 Å². The molecule has 0 amide bonds. The lowest BCUT2D eigenvalue weighted by molar-refractivity contribution is 0.324. The maximum atomic E-state index is 6.23. The second-order valence-electron chi connectivity index (χ2n) is 6.24. The highest BCUT2D eigenvalue weighted by Gasteiger charge is 2.18. The molecule has 0 aliphatic heterocycles. The first-order valence-electron chi connectivity index (χ1n) is 8.84. The predicted octanol–water partition coefficient (Wildman–Crippen LogP) is 5.15. The van der Waals surface area contributed by atoms with E-state index in [4.69, 9.17) is 23.8 Å². The Morgan fingerprint density at radius 1 is 0.897 bits per heavy atom. The summed E-state index contributed by atoms with van der Waals surface area (Å²) in [5.74, 6) is 2.31. The van der Waals surface area contributed by atoms with Crippen LogP contribution in [-0.2, 0) is 0 Å². The zero-order valence-electron chi connectivity index (χ0n) is 16.3. The van der Waals surface area contributed by atoms with Gasteiger partial charge < -0.3 is 18.6 Å². The molecule has 0 bridgehead atoms. The van der Waals surface area contributed by atoms with E-state index in [1.165, 1.54) is 11.9 Å². The molecule has 0 fully saturated rings. The summed E-state index contributed by atoms with van der Waals surface area (Å²) in [7, 11) is 4.74. The molecule has 0 aliphatic rings. The van der Waals surface area contributed by atoms with Gasteiger partial charge in [0.1, 0.15) is 11.3 Å². The fraction of sp³-hybridized carbons (Fsp3) is 0.136. The number of furan rings is 1. The monoisotopic (exact) mass is 408 g/mol. The molecule has 6 nitrogen and oxygen atoms in total. The molecule has 2 heterocycles. The first-order chi connectivity index (χ1) is 14.2. The molecule has 0 aliphatic carbocycles. The molecular weight excluding hydrogens is 388 g/mol. The SMILES string of the molecule is COc1cc(-c2cc3nccc(-c4cccc(SN)c4)c3o2)cc(OC)c1OC. The van der Waals surface area contributed by atoms with Gasteiger partial charge in [-0.1, -0.05) is 12.1 Å². The van der Waals surface area contributed by atoms with Gasteiger partial charge in [-0.15, -0.1) is 0 Å². The Balaban J connectivity index is 1.87. The standard InChI is InChI=1S/C22H20N2O4S/c1-25-19-10-14(11-20(26-2)22(19)27-3)18-12-17-21(28-18)16(7-8-24-17)13-5-4-6-15(9-13)29-23/h4-12H,23H2,1-3H3. The molecule has 0 radical (unpaired) electrons. The van der Waals surface area contributed by atoms with E-state index in [0.29, 0.717) is 28.6 Å². The second kappa shape index (κ2) is 8.06. The summed E-state index contributed by atoms with van der Waals surface area (Å²) in [6.45, 7) is 0. The van der Waals surface area contributed by atoms with Gasteiger partial charge in [-0.25, -0.2) is 0 Å². The maximum absolute atomic E-state index is 6.23. The molecule has 0 saturated carbocycles. The van der Waals surface area contributed by atoms with Crippen LogP contribution < -0.4 is 19.3 Å². The van der Waals surface area contributed by atoms with Gasteiger partial charge in [0.2, 0.25) is 5.75 Å². The van der Waals surface area contributed by atoms with Crippen LogP contribution in [0.5, 0.6) is 17.2 Å². The summed E-state index contributed by atoms with van der Waals surface area (Å²) in [5, 5.41) is 5.71. The van der Waals surface area contributed by atoms with E-state index >= 15 is 0 Å². The Bertz CT molecular complexity index is 1150. The first kappa shape index (κ1) is 19.2.